The number of benzene rings is 1. The van der Waals surface area contributed by atoms with Gasteiger partial charge in [0.25, 0.3) is 0 Å². The molecule has 0 unspecified atom stereocenters. The highest BCUT2D eigenvalue weighted by molar-refractivity contribution is 5.99. The van der Waals surface area contributed by atoms with Crippen LogP contribution in [-0.2, 0) is 64.0 Å². The largest absolute Gasteiger partial charge is 0.480 e. The molecule has 3 heterocycles. The maximum Gasteiger partial charge on any atom is 0.326 e. The minimum atomic E-state index is -1.61. The summed E-state index contributed by atoms with van der Waals surface area (Å²) in [6.07, 6.45) is 3.70. The second-order valence-corrected chi connectivity index (χ2v) is 21.6. The number of nitrogens with zero attached hydrogens (tertiary/aromatic N) is 2. The zero-order valence-electron chi connectivity index (χ0n) is 46.8. The summed E-state index contributed by atoms with van der Waals surface area (Å²) >= 11 is 0. The quantitative estimate of drug-likeness (QED) is 0.0345. The van der Waals surface area contributed by atoms with Gasteiger partial charge >= 0.3 is 5.97 Å². The number of aliphatic hydroxyl groups excluding tert-OH is 1. The molecule has 1 aromatic rings. The predicted octanol–water partition coefficient (Wildman–Crippen LogP) is -2.42. The van der Waals surface area contributed by atoms with Gasteiger partial charge in [0.05, 0.1) is 19.7 Å². The van der Waals surface area contributed by atoms with Gasteiger partial charge in [0.1, 0.15) is 54.4 Å². The van der Waals surface area contributed by atoms with E-state index in [0.29, 0.717) is 63.5 Å². The summed E-state index contributed by atoms with van der Waals surface area (Å²) in [5.74, 6) is -9.71. The van der Waals surface area contributed by atoms with E-state index in [1.807, 2.05) is 13.8 Å². The van der Waals surface area contributed by atoms with E-state index in [0.717, 1.165) is 0 Å². The topological polar surface area (TPSA) is 386 Å². The maximum absolute atomic E-state index is 14.1. The van der Waals surface area contributed by atoms with Gasteiger partial charge in [-0.2, -0.15) is 0 Å². The first-order chi connectivity index (χ1) is 38.0. The smallest absolute Gasteiger partial charge is 0.326 e. The summed E-state index contributed by atoms with van der Waals surface area (Å²) in [4.78, 5) is 162. The molecule has 3 aliphatic rings. The van der Waals surface area contributed by atoms with E-state index in [1.165, 1.54) is 9.80 Å². The van der Waals surface area contributed by atoms with Crippen molar-refractivity contribution in [3.8, 4) is 0 Å². The number of hydrogen-bond donors (Lipinski definition) is 12. The van der Waals surface area contributed by atoms with Gasteiger partial charge in [-0.05, 0) is 87.6 Å². The Balaban J connectivity index is 1.32. The number of carboxylic acids is 1. The van der Waals surface area contributed by atoms with Gasteiger partial charge in [0.15, 0.2) is 0 Å². The zero-order chi connectivity index (χ0) is 59.2. The molecule has 3 aliphatic heterocycles. The van der Waals surface area contributed by atoms with E-state index < -0.39 is 145 Å². The van der Waals surface area contributed by atoms with E-state index in [-0.39, 0.29) is 56.5 Å². The molecular formula is C54H84N12O14. The van der Waals surface area contributed by atoms with Crippen molar-refractivity contribution in [2.45, 2.75) is 173 Å². The second kappa shape index (κ2) is 32.1. The lowest BCUT2D eigenvalue weighted by Crippen LogP contribution is -2.61. The number of aliphatic carboxylic acids is 1. The first-order valence-electron chi connectivity index (χ1n) is 27.8. The summed E-state index contributed by atoms with van der Waals surface area (Å²) in [5, 5.41) is 43.1. The van der Waals surface area contributed by atoms with Crippen LogP contribution in [0.1, 0.15) is 118 Å². The number of nitrogens with two attached hydrogens (primary N) is 1. The number of rotatable bonds is 31. The summed E-state index contributed by atoms with van der Waals surface area (Å²) in [7, 11) is 0. The highest BCUT2D eigenvalue weighted by Gasteiger charge is 2.44. The fraction of sp³-hybridized carbons (Fsp3) is 0.667. The Labute approximate surface area is 466 Å². The first kappa shape index (κ1) is 65.3. The molecule has 11 amide bonds. The van der Waals surface area contributed by atoms with Crippen LogP contribution in [-0.4, -0.2) is 185 Å². The molecule has 0 aliphatic carbocycles. The monoisotopic (exact) mass is 1120 g/mol. The van der Waals surface area contributed by atoms with Crippen LogP contribution in [0.3, 0.4) is 0 Å². The van der Waals surface area contributed by atoms with Gasteiger partial charge in [0.2, 0.25) is 65.0 Å². The molecule has 3 fully saturated rings. The molecule has 0 radical (unpaired) electrons. The number of carbonyl (C=O) groups excluding carboxylic acids is 11. The van der Waals surface area contributed by atoms with Crippen LogP contribution in [0.5, 0.6) is 0 Å². The second-order valence-electron chi connectivity index (χ2n) is 21.6. The lowest BCUT2D eigenvalue weighted by Gasteiger charge is -2.32. The molecule has 444 valence electrons. The molecule has 0 saturated carbocycles. The van der Waals surface area contributed by atoms with Gasteiger partial charge in [0, 0.05) is 25.9 Å². The Bertz CT molecular complexity index is 2360. The van der Waals surface area contributed by atoms with Crippen molar-refractivity contribution in [2.24, 2.45) is 23.5 Å². The van der Waals surface area contributed by atoms with E-state index in [9.17, 15) is 67.7 Å². The SMILES string of the molecule is CC[C@H](C)[C@H](NC(=O)[C@@H](NC(=O)[C@H](CCCCN)NC(=O)[C@H](CO)NC(=O)CNC(=O)CNC(=O)[C@@H]1CCCN1C(=O)[C@@H]1CCCN1C(=O)[C@@H]1CCC(=O)N1)C(C)C)C(=O)N[C@@H](CC(C)C)C(=O)N[C@@H](Cc1ccccc1)C(=O)O. The molecule has 0 aromatic heterocycles. The Morgan fingerprint density at radius 2 is 1.24 bits per heavy atom. The number of unbranched alkanes of at least 4 members (excludes halogenated alkanes) is 1. The fourth-order valence-electron chi connectivity index (χ4n) is 9.80. The Morgan fingerprint density at radius 3 is 1.82 bits per heavy atom. The van der Waals surface area contributed by atoms with Crippen molar-refractivity contribution in [3.63, 3.8) is 0 Å². The normalized spacial score (nSPS) is 19.5. The van der Waals surface area contributed by atoms with Gasteiger partial charge in [-0.15, -0.1) is 0 Å². The van der Waals surface area contributed by atoms with Crippen molar-refractivity contribution in [2.75, 3.05) is 39.3 Å². The standard InChI is InChI=1S/C54H84N12O14/c1-7-32(6)45(51(76)61-36(25-30(2)3)47(72)62-37(54(79)80)26-33-15-9-8-10-16-33)64-50(75)44(31(4)5)63-46(71)34(17-11-12-22-55)60-48(73)38(29-67)59-43(70)28-56-42(69)27-57-49(74)39-18-13-23-65(39)53(78)40-19-14-24-66(40)52(77)35-20-21-41(68)58-35/h8-10,15-16,30-32,34-40,44-45,67H,7,11-14,17-29,55H2,1-6H3,(H,56,69)(H,57,74)(H,58,68)(H,59,70)(H,60,73)(H,61,76)(H,62,72)(H,63,71)(H,64,75)(H,79,80)/t32-,34-,35-,36-,37-,38-,39-,40-,44-,45-/m0/s1. The molecular weight excluding hydrogens is 1040 g/mol. The van der Waals surface area contributed by atoms with Gasteiger partial charge in [-0.25, -0.2) is 4.79 Å². The Morgan fingerprint density at radius 1 is 0.662 bits per heavy atom. The lowest BCUT2D eigenvalue weighted by molar-refractivity contribution is -0.147. The van der Waals surface area contributed by atoms with Crippen molar-refractivity contribution < 1.29 is 67.7 Å². The first-order valence-corrected chi connectivity index (χ1v) is 27.8. The van der Waals surface area contributed by atoms with Crippen LogP contribution < -0.4 is 53.6 Å². The predicted molar refractivity (Wildman–Crippen MR) is 290 cm³/mol. The summed E-state index contributed by atoms with van der Waals surface area (Å²) in [6, 6.07) is -1.56. The average molecular weight is 1130 g/mol. The number of carboxylic acid groups (broad SMARTS) is 1. The van der Waals surface area contributed by atoms with Crippen LogP contribution >= 0.6 is 0 Å². The minimum absolute atomic E-state index is 0.00566. The van der Waals surface area contributed by atoms with Gasteiger partial charge < -0.3 is 73.6 Å². The van der Waals surface area contributed by atoms with E-state index >= 15 is 0 Å². The number of nitrogens with one attached hydrogen (secondary N) is 9. The molecule has 80 heavy (non-hydrogen) atoms. The molecule has 26 heteroatoms. The third kappa shape index (κ3) is 19.5. The molecule has 0 spiro atoms. The number of amides is 11. The highest BCUT2D eigenvalue weighted by Crippen LogP contribution is 2.27. The third-order valence-electron chi connectivity index (χ3n) is 14.5. The van der Waals surface area contributed by atoms with E-state index in [4.69, 9.17) is 5.73 Å². The van der Waals surface area contributed by atoms with Crippen molar-refractivity contribution in [3.05, 3.63) is 35.9 Å². The minimum Gasteiger partial charge on any atom is -0.480 e. The van der Waals surface area contributed by atoms with Crippen molar-refractivity contribution in [1.29, 1.82) is 0 Å². The lowest BCUT2D eigenvalue weighted by atomic mass is 9.95. The van der Waals surface area contributed by atoms with E-state index in [2.05, 4.69) is 47.9 Å². The molecule has 0 bridgehead atoms. The average Bonchev–Trinajstić information content (AvgIpc) is 4.24. The number of likely N-dealkylation sites (tertiary alicyclic amines) is 2. The molecule has 1 aromatic carbocycles. The number of carbonyl (C=O) groups is 12. The third-order valence-corrected chi connectivity index (χ3v) is 14.5. The van der Waals surface area contributed by atoms with Crippen LogP contribution in [0, 0.1) is 17.8 Å². The molecule has 4 rings (SSSR count). The summed E-state index contributed by atoms with van der Waals surface area (Å²) < 4.78 is 0. The summed E-state index contributed by atoms with van der Waals surface area (Å²) in [5.41, 5.74) is 6.39. The van der Waals surface area contributed by atoms with Crippen molar-refractivity contribution >= 4 is 70.9 Å². The zero-order valence-corrected chi connectivity index (χ0v) is 46.8. The van der Waals surface area contributed by atoms with Gasteiger partial charge in [-0.1, -0.05) is 78.3 Å². The molecule has 3 saturated heterocycles. The van der Waals surface area contributed by atoms with Crippen LogP contribution in [0.15, 0.2) is 30.3 Å². The van der Waals surface area contributed by atoms with Crippen LogP contribution in [0.25, 0.3) is 0 Å². The number of hydrogen-bond acceptors (Lipinski definition) is 14. The van der Waals surface area contributed by atoms with Crippen LogP contribution in [0.2, 0.25) is 0 Å². The fourth-order valence-corrected chi connectivity index (χ4v) is 9.80. The molecule has 13 N–H and O–H groups in total. The highest BCUT2D eigenvalue weighted by atomic mass is 16.4. The van der Waals surface area contributed by atoms with Crippen molar-refractivity contribution in [1.82, 2.24) is 57.7 Å². The maximum atomic E-state index is 14.1. The summed E-state index contributed by atoms with van der Waals surface area (Å²) in [6.45, 7) is 9.13. The van der Waals surface area contributed by atoms with Gasteiger partial charge in [-0.3, -0.25) is 52.7 Å². The number of aliphatic hydroxyl groups is 1. The Hall–Kier alpha value is -7.22. The molecule has 26 nitrogen and oxygen atoms in total. The van der Waals surface area contributed by atoms with E-state index in [1.54, 1.807) is 58.0 Å². The Kier molecular flexibility index (Phi) is 26.2. The molecule has 10 atom stereocenters. The van der Waals surface area contributed by atoms with Crippen LogP contribution in [0.4, 0.5) is 0 Å².